The van der Waals surface area contributed by atoms with Gasteiger partial charge in [0.1, 0.15) is 11.6 Å². The van der Waals surface area contributed by atoms with Crippen LogP contribution in [0.15, 0.2) is 48.5 Å². The van der Waals surface area contributed by atoms with Crippen LogP contribution in [0.2, 0.25) is 0 Å². The smallest absolute Gasteiger partial charge is 0.254 e. The van der Waals surface area contributed by atoms with Gasteiger partial charge in [0.05, 0.1) is 5.56 Å². The third-order valence-corrected chi connectivity index (χ3v) is 2.48. The fourth-order valence-corrected chi connectivity index (χ4v) is 1.59. The summed E-state index contributed by atoms with van der Waals surface area (Å²) in [4.78, 5) is 11.7. The predicted octanol–water partition coefficient (Wildman–Crippen LogP) is 2.46. The van der Waals surface area contributed by atoms with Gasteiger partial charge < -0.3 is 10.4 Å². The van der Waals surface area contributed by atoms with Gasteiger partial charge in [0.2, 0.25) is 0 Å². The van der Waals surface area contributed by atoms with E-state index >= 15 is 0 Å². The van der Waals surface area contributed by atoms with Gasteiger partial charge in [0, 0.05) is 6.54 Å². The molecule has 0 bridgehead atoms. The van der Waals surface area contributed by atoms with E-state index in [2.05, 4.69) is 5.32 Å². The van der Waals surface area contributed by atoms with Crippen LogP contribution in [0, 0.1) is 5.82 Å². The molecule has 0 aromatic heterocycles. The van der Waals surface area contributed by atoms with Crippen molar-refractivity contribution in [2.45, 2.75) is 6.54 Å². The van der Waals surface area contributed by atoms with E-state index in [-0.39, 0.29) is 17.9 Å². The summed E-state index contributed by atoms with van der Waals surface area (Å²) in [5.41, 5.74) is 0.761. The number of carbonyl (C=O) groups is 1. The number of hydrogen-bond donors (Lipinski definition) is 2. The summed E-state index contributed by atoms with van der Waals surface area (Å²) in [6.07, 6.45) is 0. The summed E-state index contributed by atoms with van der Waals surface area (Å²) < 4.78 is 13.3. The Morgan fingerprint density at radius 3 is 2.67 bits per heavy atom. The lowest BCUT2D eigenvalue weighted by Crippen LogP contribution is -2.23. The second-order valence-electron chi connectivity index (χ2n) is 3.83. The van der Waals surface area contributed by atoms with Gasteiger partial charge >= 0.3 is 0 Å². The van der Waals surface area contributed by atoms with Crippen molar-refractivity contribution in [3.8, 4) is 5.75 Å². The number of phenolic OH excluding ortho intramolecular Hbond substituents is 1. The van der Waals surface area contributed by atoms with Crippen LogP contribution >= 0.6 is 0 Å². The molecule has 0 radical (unpaired) electrons. The minimum Gasteiger partial charge on any atom is -0.508 e. The summed E-state index contributed by atoms with van der Waals surface area (Å²) in [6.45, 7) is 0.238. The molecule has 0 saturated heterocycles. The van der Waals surface area contributed by atoms with Crippen LogP contribution in [0.25, 0.3) is 0 Å². The largest absolute Gasteiger partial charge is 0.508 e. The standard InChI is InChI=1S/C14H12FNO2/c15-13-7-2-1-6-12(13)14(18)16-9-10-4-3-5-11(17)8-10/h1-8,17H,9H2,(H,16,18). The minimum atomic E-state index is -0.550. The van der Waals surface area contributed by atoms with Gasteiger partial charge in [-0.3, -0.25) is 4.79 Å². The molecule has 2 N–H and O–H groups in total. The van der Waals surface area contributed by atoms with Gasteiger partial charge in [0.25, 0.3) is 5.91 Å². The predicted molar refractivity (Wildman–Crippen MR) is 65.7 cm³/mol. The Labute approximate surface area is 104 Å². The average molecular weight is 245 g/mol. The molecular weight excluding hydrogens is 233 g/mol. The molecule has 0 aliphatic rings. The molecule has 0 aliphatic carbocycles. The van der Waals surface area contributed by atoms with Crippen molar-refractivity contribution in [3.05, 3.63) is 65.5 Å². The molecule has 0 atom stereocenters. The lowest BCUT2D eigenvalue weighted by atomic mass is 10.2. The Kier molecular flexibility index (Phi) is 3.57. The molecule has 0 aliphatic heterocycles. The highest BCUT2D eigenvalue weighted by Gasteiger charge is 2.09. The van der Waals surface area contributed by atoms with E-state index in [1.165, 1.54) is 18.2 Å². The Balaban J connectivity index is 2.03. The number of rotatable bonds is 3. The lowest BCUT2D eigenvalue weighted by molar-refractivity contribution is 0.0947. The first-order valence-corrected chi connectivity index (χ1v) is 5.47. The Bertz CT molecular complexity index is 569. The molecule has 0 saturated carbocycles. The van der Waals surface area contributed by atoms with Gasteiger partial charge in [-0.15, -0.1) is 0 Å². The van der Waals surface area contributed by atoms with E-state index < -0.39 is 11.7 Å². The Morgan fingerprint density at radius 2 is 1.94 bits per heavy atom. The molecule has 0 unspecified atom stereocenters. The number of benzene rings is 2. The molecule has 1 amide bonds. The van der Waals surface area contributed by atoms with Crippen LogP contribution in [0.1, 0.15) is 15.9 Å². The van der Waals surface area contributed by atoms with Crippen molar-refractivity contribution in [3.63, 3.8) is 0 Å². The number of phenols is 1. The minimum absolute atomic E-state index is 0.0117. The molecule has 2 aromatic carbocycles. The van der Waals surface area contributed by atoms with Crippen molar-refractivity contribution < 1.29 is 14.3 Å². The van der Waals surface area contributed by atoms with Gasteiger partial charge in [-0.05, 0) is 29.8 Å². The van der Waals surface area contributed by atoms with Crippen LogP contribution in [0.4, 0.5) is 4.39 Å². The second-order valence-corrected chi connectivity index (χ2v) is 3.83. The van der Waals surface area contributed by atoms with E-state index in [1.54, 1.807) is 30.3 Å². The Morgan fingerprint density at radius 1 is 1.17 bits per heavy atom. The summed E-state index contributed by atoms with van der Waals surface area (Å²) in [5, 5.41) is 11.9. The maximum Gasteiger partial charge on any atom is 0.254 e. The number of amides is 1. The molecule has 2 aromatic rings. The van der Waals surface area contributed by atoms with Crippen LogP contribution in [0.5, 0.6) is 5.75 Å². The SMILES string of the molecule is O=C(NCc1cccc(O)c1)c1ccccc1F. The summed E-state index contributed by atoms with van der Waals surface area (Å²) >= 11 is 0. The normalized spacial score (nSPS) is 10.1. The first kappa shape index (κ1) is 12.1. The molecule has 3 nitrogen and oxygen atoms in total. The van der Waals surface area contributed by atoms with E-state index in [0.29, 0.717) is 0 Å². The molecular formula is C14H12FNO2. The molecule has 4 heteroatoms. The number of halogens is 1. The van der Waals surface area contributed by atoms with Crippen molar-refractivity contribution in [2.75, 3.05) is 0 Å². The number of nitrogens with one attached hydrogen (secondary N) is 1. The third kappa shape index (κ3) is 2.85. The first-order valence-electron chi connectivity index (χ1n) is 5.47. The highest BCUT2D eigenvalue weighted by Crippen LogP contribution is 2.11. The van der Waals surface area contributed by atoms with E-state index in [0.717, 1.165) is 5.56 Å². The molecule has 92 valence electrons. The van der Waals surface area contributed by atoms with Gasteiger partial charge in [-0.25, -0.2) is 4.39 Å². The van der Waals surface area contributed by atoms with Crippen molar-refractivity contribution in [1.82, 2.24) is 5.32 Å². The summed E-state index contributed by atoms with van der Waals surface area (Å²) in [6, 6.07) is 12.3. The quantitative estimate of drug-likeness (QED) is 0.872. The van der Waals surface area contributed by atoms with Gasteiger partial charge in [0.15, 0.2) is 0 Å². The fraction of sp³-hybridized carbons (Fsp3) is 0.0714. The van der Waals surface area contributed by atoms with E-state index in [4.69, 9.17) is 0 Å². The highest BCUT2D eigenvalue weighted by molar-refractivity contribution is 5.94. The maximum atomic E-state index is 13.3. The maximum absolute atomic E-state index is 13.3. The highest BCUT2D eigenvalue weighted by atomic mass is 19.1. The monoisotopic (exact) mass is 245 g/mol. The topological polar surface area (TPSA) is 49.3 Å². The zero-order chi connectivity index (χ0) is 13.0. The van der Waals surface area contributed by atoms with Crippen LogP contribution in [0.3, 0.4) is 0 Å². The average Bonchev–Trinajstić information content (AvgIpc) is 2.37. The zero-order valence-electron chi connectivity index (χ0n) is 9.56. The van der Waals surface area contributed by atoms with Crippen molar-refractivity contribution >= 4 is 5.91 Å². The third-order valence-electron chi connectivity index (χ3n) is 2.48. The molecule has 0 spiro atoms. The zero-order valence-corrected chi connectivity index (χ0v) is 9.56. The Hall–Kier alpha value is -2.36. The van der Waals surface area contributed by atoms with Crippen LogP contribution in [-0.2, 0) is 6.54 Å². The van der Waals surface area contributed by atoms with Gasteiger partial charge in [-0.1, -0.05) is 24.3 Å². The van der Waals surface area contributed by atoms with Crippen molar-refractivity contribution in [1.29, 1.82) is 0 Å². The summed E-state index contributed by atoms with van der Waals surface area (Å²) in [5.74, 6) is -0.894. The van der Waals surface area contributed by atoms with Crippen LogP contribution < -0.4 is 5.32 Å². The van der Waals surface area contributed by atoms with Gasteiger partial charge in [-0.2, -0.15) is 0 Å². The lowest BCUT2D eigenvalue weighted by Gasteiger charge is -2.06. The van der Waals surface area contributed by atoms with Crippen molar-refractivity contribution in [2.24, 2.45) is 0 Å². The number of carbonyl (C=O) groups excluding carboxylic acids is 1. The molecule has 2 rings (SSSR count). The van der Waals surface area contributed by atoms with E-state index in [1.807, 2.05) is 0 Å². The summed E-state index contributed by atoms with van der Waals surface area (Å²) in [7, 11) is 0. The first-order chi connectivity index (χ1) is 8.66. The molecule has 0 fully saturated rings. The second kappa shape index (κ2) is 5.31. The van der Waals surface area contributed by atoms with Crippen LogP contribution in [-0.4, -0.2) is 11.0 Å². The van der Waals surface area contributed by atoms with E-state index in [9.17, 15) is 14.3 Å². The molecule has 0 heterocycles. The molecule has 18 heavy (non-hydrogen) atoms. The number of hydrogen-bond acceptors (Lipinski definition) is 2. The fourth-order valence-electron chi connectivity index (χ4n) is 1.59. The number of aromatic hydroxyl groups is 1.